The second kappa shape index (κ2) is 9.11. The number of benzene rings is 1. The first kappa shape index (κ1) is 18.0. The molecule has 0 bridgehead atoms. The zero-order chi connectivity index (χ0) is 17.4. The average molecular weight is 330 g/mol. The van der Waals surface area contributed by atoms with Crippen molar-refractivity contribution in [2.24, 2.45) is 5.92 Å². The van der Waals surface area contributed by atoms with Gasteiger partial charge in [-0.05, 0) is 49.5 Å². The van der Waals surface area contributed by atoms with Gasteiger partial charge in [0.25, 0.3) is 0 Å². The summed E-state index contributed by atoms with van der Waals surface area (Å²) in [5.74, 6) is 0.255. The number of urea groups is 1. The van der Waals surface area contributed by atoms with Gasteiger partial charge in [-0.2, -0.15) is 0 Å². The fourth-order valence-corrected chi connectivity index (χ4v) is 2.82. The maximum Gasteiger partial charge on any atom is 0.330 e. The zero-order valence-electron chi connectivity index (χ0n) is 14.5. The molecule has 1 N–H and O–H groups in total. The number of nitrogens with zero attached hydrogens (tertiary/aromatic N) is 1. The summed E-state index contributed by atoms with van der Waals surface area (Å²) in [5, 5.41) is 2.94. The summed E-state index contributed by atoms with van der Waals surface area (Å²) in [5.41, 5.74) is 1.64. The molecule has 2 rings (SSSR count). The van der Waals surface area contributed by atoms with Gasteiger partial charge in [0.2, 0.25) is 0 Å². The molecular weight excluding hydrogens is 304 g/mol. The molecule has 1 atom stereocenters. The lowest BCUT2D eigenvalue weighted by Crippen LogP contribution is -2.42. The highest BCUT2D eigenvalue weighted by Gasteiger charge is 2.22. The van der Waals surface area contributed by atoms with E-state index < -0.39 is 0 Å². The molecule has 24 heavy (non-hydrogen) atoms. The Bertz CT molecular complexity index is 581. The van der Waals surface area contributed by atoms with Gasteiger partial charge in [-0.1, -0.05) is 25.5 Å². The summed E-state index contributed by atoms with van der Waals surface area (Å²) in [7, 11) is 0. The first-order chi connectivity index (χ1) is 11.6. The van der Waals surface area contributed by atoms with Gasteiger partial charge in [-0.3, -0.25) is 0 Å². The Hall–Kier alpha value is -2.30. The van der Waals surface area contributed by atoms with Gasteiger partial charge in [0, 0.05) is 24.9 Å². The molecule has 5 heteroatoms. The first-order valence-electron chi connectivity index (χ1n) is 8.63. The molecule has 1 aromatic rings. The van der Waals surface area contributed by atoms with Gasteiger partial charge < -0.3 is 15.0 Å². The van der Waals surface area contributed by atoms with Gasteiger partial charge in [-0.25, -0.2) is 9.59 Å². The molecule has 1 aromatic carbocycles. The topological polar surface area (TPSA) is 58.6 Å². The van der Waals surface area contributed by atoms with Crippen LogP contribution in [0.3, 0.4) is 0 Å². The molecule has 0 aromatic heterocycles. The second-order valence-corrected chi connectivity index (χ2v) is 6.00. The van der Waals surface area contributed by atoms with Crippen LogP contribution in [0.25, 0.3) is 6.08 Å². The molecule has 0 unspecified atom stereocenters. The fourth-order valence-electron chi connectivity index (χ4n) is 2.82. The Balaban J connectivity index is 1.89. The van der Waals surface area contributed by atoms with Crippen LogP contribution < -0.4 is 5.32 Å². The number of hydrogen-bond acceptors (Lipinski definition) is 3. The number of esters is 1. The van der Waals surface area contributed by atoms with Crippen molar-refractivity contribution < 1.29 is 14.3 Å². The standard InChI is InChI=1S/C19H26N2O3/c1-3-15-6-5-13-21(14-15)19(23)20-17-10-7-16(8-11-17)9-12-18(22)24-4-2/h7-12,15H,3-6,13-14H2,1-2H3,(H,20,23)/b12-9-/t15-/m1/s1. The Labute approximate surface area is 143 Å². The molecule has 0 aliphatic carbocycles. The normalized spacial score (nSPS) is 17.8. The molecule has 1 saturated heterocycles. The Morgan fingerprint density at radius 2 is 2.04 bits per heavy atom. The van der Waals surface area contributed by atoms with E-state index in [0.717, 1.165) is 37.2 Å². The number of amides is 2. The number of carbonyl (C=O) groups excluding carboxylic acids is 2. The van der Waals surface area contributed by atoms with Crippen molar-refractivity contribution in [3.05, 3.63) is 35.9 Å². The van der Waals surface area contributed by atoms with E-state index in [0.29, 0.717) is 12.5 Å². The summed E-state index contributed by atoms with van der Waals surface area (Å²) in [6.45, 7) is 5.97. The number of carbonyl (C=O) groups is 2. The molecule has 1 fully saturated rings. The summed E-state index contributed by atoms with van der Waals surface area (Å²) < 4.78 is 4.84. The summed E-state index contributed by atoms with van der Waals surface area (Å²) >= 11 is 0. The highest BCUT2D eigenvalue weighted by molar-refractivity contribution is 5.90. The minimum Gasteiger partial charge on any atom is -0.463 e. The van der Waals surface area contributed by atoms with Gasteiger partial charge in [0.1, 0.15) is 0 Å². The largest absolute Gasteiger partial charge is 0.463 e. The molecule has 5 nitrogen and oxygen atoms in total. The number of rotatable bonds is 5. The number of nitrogens with one attached hydrogen (secondary N) is 1. The lowest BCUT2D eigenvalue weighted by molar-refractivity contribution is -0.137. The van der Waals surface area contributed by atoms with Crippen LogP contribution in [-0.2, 0) is 9.53 Å². The summed E-state index contributed by atoms with van der Waals surface area (Å²) in [6, 6.07) is 7.35. The lowest BCUT2D eigenvalue weighted by Gasteiger charge is -2.32. The van der Waals surface area contributed by atoms with E-state index in [-0.39, 0.29) is 12.0 Å². The third kappa shape index (κ3) is 5.41. The quantitative estimate of drug-likeness (QED) is 0.657. The smallest absolute Gasteiger partial charge is 0.330 e. The number of ether oxygens (including phenoxy) is 1. The average Bonchev–Trinajstić information content (AvgIpc) is 2.61. The number of anilines is 1. The monoisotopic (exact) mass is 330 g/mol. The Morgan fingerprint density at radius 1 is 1.29 bits per heavy atom. The number of hydrogen-bond donors (Lipinski definition) is 1. The van der Waals surface area contributed by atoms with E-state index in [2.05, 4.69) is 12.2 Å². The molecule has 2 amide bonds. The van der Waals surface area contributed by atoms with E-state index in [1.807, 2.05) is 29.2 Å². The molecule has 130 valence electrons. The molecular formula is C19H26N2O3. The van der Waals surface area contributed by atoms with E-state index in [9.17, 15) is 9.59 Å². The van der Waals surface area contributed by atoms with E-state index in [1.54, 1.807) is 13.0 Å². The number of likely N-dealkylation sites (tertiary alicyclic amines) is 1. The molecule has 1 aliphatic heterocycles. The highest BCUT2D eigenvalue weighted by atomic mass is 16.5. The van der Waals surface area contributed by atoms with Crippen molar-refractivity contribution in [2.45, 2.75) is 33.1 Å². The molecule has 0 spiro atoms. The van der Waals surface area contributed by atoms with Gasteiger partial charge in [0.15, 0.2) is 0 Å². The molecule has 0 radical (unpaired) electrons. The van der Waals surface area contributed by atoms with Crippen molar-refractivity contribution in [1.82, 2.24) is 4.90 Å². The Kier molecular flexibility index (Phi) is 6.85. The van der Waals surface area contributed by atoms with Crippen LogP contribution in [0.2, 0.25) is 0 Å². The van der Waals surface area contributed by atoms with Crippen molar-refractivity contribution in [2.75, 3.05) is 25.0 Å². The molecule has 1 aliphatic rings. The van der Waals surface area contributed by atoms with Gasteiger partial charge in [0.05, 0.1) is 6.61 Å². The predicted molar refractivity (Wildman–Crippen MR) is 95.7 cm³/mol. The van der Waals surface area contributed by atoms with Crippen molar-refractivity contribution >= 4 is 23.8 Å². The fraction of sp³-hybridized carbons (Fsp3) is 0.474. The summed E-state index contributed by atoms with van der Waals surface area (Å²) in [6.07, 6.45) is 6.49. The van der Waals surface area contributed by atoms with E-state index in [4.69, 9.17) is 4.74 Å². The molecule has 1 heterocycles. The van der Waals surface area contributed by atoms with Crippen molar-refractivity contribution in [3.63, 3.8) is 0 Å². The second-order valence-electron chi connectivity index (χ2n) is 6.00. The van der Waals surface area contributed by atoms with Crippen molar-refractivity contribution in [3.8, 4) is 0 Å². The van der Waals surface area contributed by atoms with E-state index >= 15 is 0 Å². The van der Waals surface area contributed by atoms with Crippen LogP contribution in [0.15, 0.2) is 30.3 Å². The minimum absolute atomic E-state index is 0.0389. The number of piperidine rings is 1. The van der Waals surface area contributed by atoms with E-state index in [1.165, 1.54) is 12.5 Å². The Morgan fingerprint density at radius 3 is 2.71 bits per heavy atom. The first-order valence-corrected chi connectivity index (χ1v) is 8.63. The third-order valence-corrected chi connectivity index (χ3v) is 4.24. The van der Waals surface area contributed by atoms with Gasteiger partial charge in [-0.15, -0.1) is 0 Å². The third-order valence-electron chi connectivity index (χ3n) is 4.24. The maximum absolute atomic E-state index is 12.3. The SMILES string of the molecule is CCOC(=O)/C=C\c1ccc(NC(=O)N2CCC[C@@H](CC)C2)cc1. The van der Waals surface area contributed by atoms with Crippen LogP contribution in [-0.4, -0.2) is 36.6 Å². The highest BCUT2D eigenvalue weighted by Crippen LogP contribution is 2.20. The van der Waals surface area contributed by atoms with Gasteiger partial charge >= 0.3 is 12.0 Å². The van der Waals surface area contributed by atoms with Crippen LogP contribution in [0.5, 0.6) is 0 Å². The predicted octanol–water partition coefficient (Wildman–Crippen LogP) is 3.92. The minimum atomic E-state index is -0.356. The van der Waals surface area contributed by atoms with Crippen LogP contribution in [0, 0.1) is 5.92 Å². The van der Waals surface area contributed by atoms with Crippen molar-refractivity contribution in [1.29, 1.82) is 0 Å². The van der Waals surface area contributed by atoms with Crippen LogP contribution >= 0.6 is 0 Å². The zero-order valence-corrected chi connectivity index (χ0v) is 14.5. The molecule has 0 saturated carbocycles. The lowest BCUT2D eigenvalue weighted by atomic mass is 9.96. The van der Waals surface area contributed by atoms with Crippen LogP contribution in [0.4, 0.5) is 10.5 Å². The maximum atomic E-state index is 12.3. The summed E-state index contributed by atoms with van der Waals surface area (Å²) in [4.78, 5) is 25.5. The van der Waals surface area contributed by atoms with Crippen LogP contribution in [0.1, 0.15) is 38.7 Å².